The summed E-state index contributed by atoms with van der Waals surface area (Å²) >= 11 is 1.76. The predicted octanol–water partition coefficient (Wildman–Crippen LogP) is 3.71. The van der Waals surface area contributed by atoms with Gasteiger partial charge in [-0.1, -0.05) is 20.8 Å². The number of aromatic nitrogens is 2. The molecule has 2 aromatic heterocycles. The molecule has 0 fully saturated rings. The number of nitrogens with one attached hydrogen (secondary N) is 1. The lowest BCUT2D eigenvalue weighted by atomic mass is 10.1. The number of rotatable bonds is 5. The van der Waals surface area contributed by atoms with E-state index in [0.29, 0.717) is 5.92 Å². The highest BCUT2D eigenvalue weighted by atomic mass is 32.1. The smallest absolute Gasteiger partial charge is 0.138 e. The van der Waals surface area contributed by atoms with Gasteiger partial charge in [0.05, 0.1) is 5.39 Å². The molecule has 1 N–H and O–H groups in total. The van der Waals surface area contributed by atoms with Crippen molar-refractivity contribution < 1.29 is 0 Å². The Kier molecular flexibility index (Phi) is 3.94. The van der Waals surface area contributed by atoms with Crippen molar-refractivity contribution in [3.8, 4) is 0 Å². The summed E-state index contributed by atoms with van der Waals surface area (Å²) in [4.78, 5) is 11.1. The van der Waals surface area contributed by atoms with Crippen LogP contribution in [-0.4, -0.2) is 16.5 Å². The van der Waals surface area contributed by atoms with Gasteiger partial charge in [0, 0.05) is 11.4 Å². The minimum atomic E-state index is 0.716. The van der Waals surface area contributed by atoms with E-state index in [-0.39, 0.29) is 0 Å². The SMILES string of the molecule is CCc1cc2c(NCCC(C)C)ncnc2s1. The van der Waals surface area contributed by atoms with Gasteiger partial charge in [0.15, 0.2) is 0 Å². The summed E-state index contributed by atoms with van der Waals surface area (Å²) in [5.41, 5.74) is 0. The first-order chi connectivity index (χ1) is 8.20. The molecule has 2 rings (SSSR count). The minimum Gasteiger partial charge on any atom is -0.369 e. The molecule has 3 nitrogen and oxygen atoms in total. The van der Waals surface area contributed by atoms with Crippen LogP contribution in [0.5, 0.6) is 0 Å². The van der Waals surface area contributed by atoms with E-state index < -0.39 is 0 Å². The summed E-state index contributed by atoms with van der Waals surface area (Å²) in [5, 5.41) is 4.58. The van der Waals surface area contributed by atoms with Gasteiger partial charge in [-0.15, -0.1) is 11.3 Å². The van der Waals surface area contributed by atoms with E-state index in [9.17, 15) is 0 Å². The van der Waals surface area contributed by atoms with Crippen molar-refractivity contribution in [2.24, 2.45) is 5.92 Å². The van der Waals surface area contributed by atoms with Crippen LogP contribution in [0, 0.1) is 5.92 Å². The van der Waals surface area contributed by atoms with Crippen LogP contribution in [0.15, 0.2) is 12.4 Å². The van der Waals surface area contributed by atoms with Crippen LogP contribution in [0.2, 0.25) is 0 Å². The van der Waals surface area contributed by atoms with Crippen molar-refractivity contribution in [3.63, 3.8) is 0 Å². The predicted molar refractivity (Wildman–Crippen MR) is 74.7 cm³/mol. The number of thiophene rings is 1. The van der Waals surface area contributed by atoms with Crippen LogP contribution in [0.4, 0.5) is 5.82 Å². The fraction of sp³-hybridized carbons (Fsp3) is 0.538. The molecule has 0 radical (unpaired) electrons. The van der Waals surface area contributed by atoms with Gasteiger partial charge in [-0.2, -0.15) is 0 Å². The Balaban J connectivity index is 2.18. The molecule has 0 aliphatic rings. The lowest BCUT2D eigenvalue weighted by Crippen LogP contribution is -2.06. The van der Waals surface area contributed by atoms with Crippen molar-refractivity contribution in [1.29, 1.82) is 0 Å². The number of anilines is 1. The number of nitrogens with zero attached hydrogens (tertiary/aromatic N) is 2. The Morgan fingerprint density at radius 2 is 2.18 bits per heavy atom. The van der Waals surface area contributed by atoms with Crippen molar-refractivity contribution in [2.75, 3.05) is 11.9 Å². The fourth-order valence-corrected chi connectivity index (χ4v) is 2.63. The van der Waals surface area contributed by atoms with Crippen LogP contribution in [0.25, 0.3) is 10.2 Å². The maximum absolute atomic E-state index is 4.34. The second-order valence-corrected chi connectivity index (χ2v) is 5.73. The van der Waals surface area contributed by atoms with Crippen molar-refractivity contribution in [2.45, 2.75) is 33.6 Å². The van der Waals surface area contributed by atoms with E-state index in [2.05, 4.69) is 42.1 Å². The lowest BCUT2D eigenvalue weighted by Gasteiger charge is -2.07. The van der Waals surface area contributed by atoms with E-state index in [1.807, 2.05) is 0 Å². The van der Waals surface area contributed by atoms with Gasteiger partial charge in [0.1, 0.15) is 17.0 Å². The Morgan fingerprint density at radius 1 is 1.35 bits per heavy atom. The molecule has 2 aromatic rings. The van der Waals surface area contributed by atoms with Crippen molar-refractivity contribution in [3.05, 3.63) is 17.3 Å². The first-order valence-electron chi connectivity index (χ1n) is 6.18. The third kappa shape index (κ3) is 2.94. The molecule has 4 heteroatoms. The largest absolute Gasteiger partial charge is 0.369 e. The van der Waals surface area contributed by atoms with Gasteiger partial charge in [0.25, 0.3) is 0 Å². The molecule has 0 aliphatic carbocycles. The summed E-state index contributed by atoms with van der Waals surface area (Å²) in [5.74, 6) is 1.69. The van der Waals surface area contributed by atoms with E-state index in [0.717, 1.165) is 35.4 Å². The summed E-state index contributed by atoms with van der Waals surface area (Å²) in [7, 11) is 0. The van der Waals surface area contributed by atoms with E-state index in [1.165, 1.54) is 4.88 Å². The van der Waals surface area contributed by atoms with Gasteiger partial charge < -0.3 is 5.32 Å². The molecule has 0 bridgehead atoms. The molecule has 0 amide bonds. The molecular weight excluding hydrogens is 230 g/mol. The van der Waals surface area contributed by atoms with Gasteiger partial charge in [-0.05, 0) is 24.8 Å². The standard InChI is InChI=1S/C13H19N3S/c1-4-10-7-11-12(14-6-5-9(2)3)15-8-16-13(11)17-10/h7-9H,4-6H2,1-3H3,(H,14,15,16). The zero-order chi connectivity index (χ0) is 12.3. The molecule has 0 aromatic carbocycles. The number of hydrogen-bond donors (Lipinski definition) is 1. The molecule has 0 unspecified atom stereocenters. The summed E-state index contributed by atoms with van der Waals surface area (Å²) in [6, 6.07) is 2.21. The van der Waals surface area contributed by atoms with E-state index in [1.54, 1.807) is 17.7 Å². The summed E-state index contributed by atoms with van der Waals surface area (Å²) in [6.07, 6.45) is 3.87. The molecule has 0 saturated heterocycles. The second-order valence-electron chi connectivity index (χ2n) is 4.62. The van der Waals surface area contributed by atoms with Gasteiger partial charge in [-0.3, -0.25) is 0 Å². The average Bonchev–Trinajstić information content (AvgIpc) is 2.72. The van der Waals surface area contributed by atoms with E-state index >= 15 is 0 Å². The van der Waals surface area contributed by atoms with Gasteiger partial charge in [0.2, 0.25) is 0 Å². The Bertz CT molecular complexity index is 490. The van der Waals surface area contributed by atoms with Crippen LogP contribution in [-0.2, 0) is 6.42 Å². The lowest BCUT2D eigenvalue weighted by molar-refractivity contribution is 0.607. The van der Waals surface area contributed by atoms with Gasteiger partial charge >= 0.3 is 0 Å². The monoisotopic (exact) mass is 249 g/mol. The van der Waals surface area contributed by atoms with Crippen LogP contribution >= 0.6 is 11.3 Å². The molecule has 0 aliphatic heterocycles. The molecule has 0 saturated carbocycles. The summed E-state index contributed by atoms with van der Waals surface area (Å²) < 4.78 is 0. The second kappa shape index (κ2) is 5.45. The van der Waals surface area contributed by atoms with Crippen molar-refractivity contribution in [1.82, 2.24) is 9.97 Å². The van der Waals surface area contributed by atoms with Crippen LogP contribution in [0.3, 0.4) is 0 Å². The highest BCUT2D eigenvalue weighted by Crippen LogP contribution is 2.28. The van der Waals surface area contributed by atoms with E-state index in [4.69, 9.17) is 0 Å². The number of hydrogen-bond acceptors (Lipinski definition) is 4. The quantitative estimate of drug-likeness (QED) is 0.877. The number of fused-ring (bicyclic) bond motifs is 1. The Hall–Kier alpha value is -1.16. The molecule has 0 spiro atoms. The maximum Gasteiger partial charge on any atom is 0.138 e. The third-order valence-electron chi connectivity index (χ3n) is 2.74. The Labute approximate surface area is 106 Å². The maximum atomic E-state index is 4.34. The topological polar surface area (TPSA) is 37.8 Å². The summed E-state index contributed by atoms with van der Waals surface area (Å²) in [6.45, 7) is 7.61. The highest BCUT2D eigenvalue weighted by Gasteiger charge is 2.07. The zero-order valence-electron chi connectivity index (χ0n) is 10.7. The fourth-order valence-electron chi connectivity index (χ4n) is 1.70. The van der Waals surface area contributed by atoms with Crippen LogP contribution < -0.4 is 5.32 Å². The molecule has 92 valence electrons. The normalized spacial score (nSPS) is 11.3. The zero-order valence-corrected chi connectivity index (χ0v) is 11.5. The Morgan fingerprint density at radius 3 is 2.88 bits per heavy atom. The molecule has 0 atom stereocenters. The minimum absolute atomic E-state index is 0.716. The third-order valence-corrected chi connectivity index (χ3v) is 3.93. The number of aryl methyl sites for hydroxylation is 1. The molecular formula is C13H19N3S. The van der Waals surface area contributed by atoms with Gasteiger partial charge in [-0.25, -0.2) is 9.97 Å². The highest BCUT2D eigenvalue weighted by molar-refractivity contribution is 7.18. The first kappa shape index (κ1) is 12.3. The first-order valence-corrected chi connectivity index (χ1v) is 6.99. The molecule has 2 heterocycles. The average molecular weight is 249 g/mol. The van der Waals surface area contributed by atoms with Crippen LogP contribution in [0.1, 0.15) is 32.1 Å². The molecule has 17 heavy (non-hydrogen) atoms. The van der Waals surface area contributed by atoms with Crippen molar-refractivity contribution >= 4 is 27.4 Å².